The van der Waals surface area contributed by atoms with E-state index in [2.05, 4.69) is 25.0 Å². The molecule has 0 saturated carbocycles. The highest BCUT2D eigenvalue weighted by Crippen LogP contribution is 2.40. The predicted molar refractivity (Wildman–Crippen MR) is 188 cm³/mol. The number of anilines is 2. The van der Waals surface area contributed by atoms with Gasteiger partial charge in [0, 0.05) is 55.0 Å². The van der Waals surface area contributed by atoms with Crippen molar-refractivity contribution in [3.8, 4) is 11.4 Å². The standard InChI is InChI=1S/C35H38Cl2N8O4/c1-3-25(2)45-34(46)44(24-40-45)29-7-5-27(6-8-29)41-14-16-42(17-15-41)28-9-11-30(12-10-28)47-19-31-20-48-35(49-31,21-43-23-38-22-39-43)32-13-4-26(36)18-33(32)37/h4-13,18,22-25,31H,3,14-17,19-21H2,1-2H3/t25?,31-,35+/m1/s1/i1D3,3D2. The van der Waals surface area contributed by atoms with Crippen LogP contribution in [-0.4, -0.2) is 74.6 Å². The molecule has 2 saturated heterocycles. The van der Waals surface area contributed by atoms with Gasteiger partial charge in [-0.25, -0.2) is 23.7 Å². The minimum atomic E-state index is -2.91. The van der Waals surface area contributed by atoms with Crippen molar-refractivity contribution in [3.63, 3.8) is 0 Å². The Hall–Kier alpha value is -4.36. The maximum atomic E-state index is 13.1. The van der Waals surface area contributed by atoms with E-state index in [-0.39, 0.29) is 25.9 Å². The summed E-state index contributed by atoms with van der Waals surface area (Å²) in [5.41, 5.74) is 2.64. The first-order chi connectivity index (χ1) is 25.7. The molecule has 0 spiro atoms. The molecule has 7 rings (SSSR count). The van der Waals surface area contributed by atoms with Crippen LogP contribution < -0.4 is 20.2 Å². The highest BCUT2D eigenvalue weighted by atomic mass is 35.5. The van der Waals surface area contributed by atoms with Crippen molar-refractivity contribution in [2.45, 2.75) is 44.6 Å². The first-order valence-electron chi connectivity index (χ1n) is 18.3. The Labute approximate surface area is 301 Å². The van der Waals surface area contributed by atoms with Crippen LogP contribution >= 0.6 is 23.2 Å². The lowest BCUT2D eigenvalue weighted by atomic mass is 10.1. The van der Waals surface area contributed by atoms with Gasteiger partial charge in [0.2, 0.25) is 5.79 Å². The van der Waals surface area contributed by atoms with Crippen molar-refractivity contribution in [1.82, 2.24) is 29.1 Å². The molecule has 1 unspecified atom stereocenters. The summed E-state index contributed by atoms with van der Waals surface area (Å²) in [7, 11) is 0. The number of benzene rings is 3. The van der Waals surface area contributed by atoms with Gasteiger partial charge >= 0.3 is 5.69 Å². The largest absolute Gasteiger partial charge is 0.491 e. The van der Waals surface area contributed by atoms with Crippen molar-refractivity contribution in [2.75, 3.05) is 49.2 Å². The summed E-state index contributed by atoms with van der Waals surface area (Å²) < 4.78 is 61.3. The molecule has 3 atom stereocenters. The SMILES string of the molecule is [2H]C([2H])([2H])C([2H])([2H])C(C)n1ncn(-c2ccc(N3CCN(c4ccc(OC[C@@H]5CO[C@](Cn6cncn6)(c6ccc(Cl)cc6Cl)O5)cc4)CC3)cc2)c1=O. The first kappa shape index (κ1) is 27.5. The third kappa shape index (κ3) is 7.04. The molecule has 14 heteroatoms. The average molecular weight is 711 g/mol. The summed E-state index contributed by atoms with van der Waals surface area (Å²) in [4.78, 5) is 21.7. The van der Waals surface area contributed by atoms with Crippen molar-refractivity contribution in [1.29, 1.82) is 0 Å². The number of hydrogen-bond donors (Lipinski definition) is 0. The molecule has 2 aliphatic rings. The molecule has 2 fully saturated rings. The molecule has 256 valence electrons. The van der Waals surface area contributed by atoms with Gasteiger partial charge in [-0.1, -0.05) is 36.1 Å². The smallest absolute Gasteiger partial charge is 0.350 e. The summed E-state index contributed by atoms with van der Waals surface area (Å²) in [6, 6.07) is 19.3. The molecule has 2 aromatic heterocycles. The normalized spacial score (nSPS) is 22.2. The second-order valence-electron chi connectivity index (χ2n) is 11.9. The molecular weight excluding hydrogens is 667 g/mol. The minimum absolute atomic E-state index is 0.241. The maximum absolute atomic E-state index is 13.1. The summed E-state index contributed by atoms with van der Waals surface area (Å²) in [6.45, 7) is 2.38. The van der Waals surface area contributed by atoms with E-state index in [0.717, 1.165) is 42.2 Å². The third-order valence-electron chi connectivity index (χ3n) is 8.72. The van der Waals surface area contributed by atoms with E-state index in [1.165, 1.54) is 24.1 Å². The summed E-state index contributed by atoms with van der Waals surface area (Å²) >= 11 is 12.7. The summed E-state index contributed by atoms with van der Waals surface area (Å²) in [5.74, 6) is -0.487. The van der Waals surface area contributed by atoms with E-state index in [1.807, 2.05) is 36.4 Å². The number of aromatic nitrogens is 6. The molecule has 4 heterocycles. The van der Waals surface area contributed by atoms with Gasteiger partial charge in [0.15, 0.2) is 0 Å². The van der Waals surface area contributed by atoms with Crippen LogP contribution in [0.2, 0.25) is 10.0 Å². The highest BCUT2D eigenvalue weighted by molar-refractivity contribution is 6.35. The van der Waals surface area contributed by atoms with Crippen molar-refractivity contribution in [3.05, 3.63) is 112 Å². The lowest BCUT2D eigenvalue weighted by Crippen LogP contribution is -2.46. The van der Waals surface area contributed by atoms with E-state index in [0.29, 0.717) is 27.0 Å². The lowest BCUT2D eigenvalue weighted by Gasteiger charge is -2.37. The second kappa shape index (κ2) is 14.2. The Kier molecular flexibility index (Phi) is 7.98. The fraction of sp³-hybridized carbons (Fsp3) is 0.371. The monoisotopic (exact) mass is 709 g/mol. The zero-order valence-corrected chi connectivity index (χ0v) is 28.2. The van der Waals surface area contributed by atoms with Gasteiger partial charge in [0.1, 0.15) is 44.0 Å². The van der Waals surface area contributed by atoms with Crippen LogP contribution in [0.15, 0.2) is 90.5 Å². The molecule has 12 nitrogen and oxygen atoms in total. The van der Waals surface area contributed by atoms with Gasteiger partial charge < -0.3 is 24.0 Å². The van der Waals surface area contributed by atoms with Crippen molar-refractivity contribution in [2.24, 2.45) is 0 Å². The molecular formula is C35H38Cl2N8O4. The molecule has 0 amide bonds. The van der Waals surface area contributed by atoms with E-state index in [4.69, 9.17) is 44.3 Å². The van der Waals surface area contributed by atoms with Gasteiger partial charge in [0.05, 0.1) is 23.4 Å². The molecule has 0 radical (unpaired) electrons. The van der Waals surface area contributed by atoms with E-state index in [9.17, 15) is 4.79 Å². The van der Waals surface area contributed by atoms with Crippen LogP contribution in [0.3, 0.4) is 0 Å². The molecule has 5 aromatic rings. The average Bonchev–Trinajstić information content (AvgIpc) is 3.91. The number of piperazine rings is 1. The van der Waals surface area contributed by atoms with Gasteiger partial charge in [-0.2, -0.15) is 10.2 Å². The van der Waals surface area contributed by atoms with Gasteiger partial charge in [0.25, 0.3) is 0 Å². The van der Waals surface area contributed by atoms with Crippen LogP contribution in [0.4, 0.5) is 11.4 Å². The fourth-order valence-corrected chi connectivity index (χ4v) is 6.64. The fourth-order valence-electron chi connectivity index (χ4n) is 6.09. The topological polar surface area (TPSA) is 105 Å². The second-order valence-corrected chi connectivity index (χ2v) is 12.7. The maximum Gasteiger partial charge on any atom is 0.350 e. The van der Waals surface area contributed by atoms with Crippen LogP contribution in [-0.2, 0) is 21.8 Å². The number of hydrogen-bond acceptors (Lipinski definition) is 9. The van der Waals surface area contributed by atoms with E-state index >= 15 is 0 Å². The lowest BCUT2D eigenvalue weighted by molar-refractivity contribution is -0.190. The number of rotatable bonds is 11. The van der Waals surface area contributed by atoms with Crippen LogP contribution in [0.1, 0.15) is 38.6 Å². The number of nitrogens with zero attached hydrogens (tertiary/aromatic N) is 8. The first-order valence-corrected chi connectivity index (χ1v) is 16.6. The minimum Gasteiger partial charge on any atom is -0.491 e. The van der Waals surface area contributed by atoms with E-state index in [1.54, 1.807) is 41.3 Å². The Morgan fingerprint density at radius 2 is 1.67 bits per heavy atom. The van der Waals surface area contributed by atoms with Gasteiger partial charge in [-0.15, -0.1) is 0 Å². The van der Waals surface area contributed by atoms with Gasteiger partial charge in [-0.05, 0) is 74.0 Å². The van der Waals surface area contributed by atoms with Gasteiger partial charge in [-0.3, -0.25) is 0 Å². The Morgan fingerprint density at radius 1 is 0.980 bits per heavy atom. The van der Waals surface area contributed by atoms with Crippen LogP contribution in [0.5, 0.6) is 5.75 Å². The Bertz CT molecular complexity index is 2110. The van der Waals surface area contributed by atoms with Crippen LogP contribution in [0.25, 0.3) is 5.69 Å². The zero-order valence-electron chi connectivity index (χ0n) is 31.7. The van der Waals surface area contributed by atoms with E-state index < -0.39 is 30.7 Å². The number of ether oxygens (including phenoxy) is 3. The summed E-state index contributed by atoms with van der Waals surface area (Å²) in [6.07, 6.45) is 1.31. The summed E-state index contributed by atoms with van der Waals surface area (Å²) in [5, 5.41) is 9.17. The third-order valence-corrected chi connectivity index (χ3v) is 9.27. The molecule has 3 aromatic carbocycles. The molecule has 0 aliphatic carbocycles. The Balaban J connectivity index is 0.923. The zero-order chi connectivity index (χ0) is 38.3. The quantitative estimate of drug-likeness (QED) is 0.174. The highest BCUT2D eigenvalue weighted by Gasteiger charge is 2.45. The molecule has 0 N–H and O–H groups in total. The molecule has 2 aliphatic heterocycles. The van der Waals surface area contributed by atoms with Crippen molar-refractivity contribution >= 4 is 34.6 Å². The van der Waals surface area contributed by atoms with Crippen LogP contribution in [0, 0.1) is 0 Å². The predicted octanol–water partition coefficient (Wildman–Crippen LogP) is 5.58. The molecule has 49 heavy (non-hydrogen) atoms. The molecule has 0 bridgehead atoms. The van der Waals surface area contributed by atoms with Crippen molar-refractivity contribution < 1.29 is 21.1 Å². The Morgan fingerprint density at radius 3 is 2.33 bits per heavy atom. The number of halogens is 2.